The standard InChI is InChI=1S/C21H22N4O2/c1-16(26)20(25-15-22-19-10-6-5-9-18(19)21(25)27)24-13-11-23(12-14-24)17-7-3-2-4-8-17/h2-10,15,20H,11-14H2,1H3. The Balaban J connectivity index is 1.60. The molecule has 2 aromatic carbocycles. The molecule has 3 aromatic rings. The molecule has 0 aliphatic carbocycles. The van der Waals surface area contributed by atoms with Gasteiger partial charge in [-0.2, -0.15) is 0 Å². The van der Waals surface area contributed by atoms with Crippen LogP contribution < -0.4 is 10.5 Å². The first-order chi connectivity index (χ1) is 13.1. The van der Waals surface area contributed by atoms with Crippen molar-refractivity contribution in [1.29, 1.82) is 0 Å². The van der Waals surface area contributed by atoms with Gasteiger partial charge in [-0.3, -0.25) is 19.1 Å². The van der Waals surface area contributed by atoms with Crippen LogP contribution in [0.25, 0.3) is 10.9 Å². The molecule has 1 unspecified atom stereocenters. The molecule has 27 heavy (non-hydrogen) atoms. The summed E-state index contributed by atoms with van der Waals surface area (Å²) in [5.74, 6) is -0.0534. The molecule has 0 radical (unpaired) electrons. The lowest BCUT2D eigenvalue weighted by Crippen LogP contribution is -2.52. The Labute approximate surface area is 157 Å². The van der Waals surface area contributed by atoms with E-state index in [9.17, 15) is 9.59 Å². The number of hydrogen-bond acceptors (Lipinski definition) is 5. The van der Waals surface area contributed by atoms with Gasteiger partial charge in [-0.15, -0.1) is 0 Å². The van der Waals surface area contributed by atoms with Crippen molar-refractivity contribution < 1.29 is 4.79 Å². The molecule has 1 aromatic heterocycles. The van der Waals surface area contributed by atoms with E-state index in [2.05, 4.69) is 26.9 Å². The lowest BCUT2D eigenvalue weighted by atomic mass is 10.2. The second kappa shape index (κ2) is 7.32. The van der Waals surface area contributed by atoms with Crippen LogP contribution in [-0.2, 0) is 4.79 Å². The maximum atomic E-state index is 12.9. The zero-order chi connectivity index (χ0) is 18.8. The monoisotopic (exact) mass is 362 g/mol. The number of ketones is 1. The zero-order valence-corrected chi connectivity index (χ0v) is 15.3. The van der Waals surface area contributed by atoms with Crippen molar-refractivity contribution in [2.45, 2.75) is 13.1 Å². The number of carbonyl (C=O) groups excluding carboxylic acids is 1. The SMILES string of the molecule is CC(=O)C(N1CCN(c2ccccc2)CC1)n1cnc2ccccc2c1=O. The fourth-order valence-electron chi connectivity index (χ4n) is 3.75. The Kier molecular flexibility index (Phi) is 4.73. The van der Waals surface area contributed by atoms with Gasteiger partial charge in [0.1, 0.15) is 0 Å². The fourth-order valence-corrected chi connectivity index (χ4v) is 3.75. The smallest absolute Gasteiger partial charge is 0.262 e. The number of carbonyl (C=O) groups is 1. The van der Waals surface area contributed by atoms with Gasteiger partial charge in [-0.1, -0.05) is 30.3 Å². The van der Waals surface area contributed by atoms with Crippen molar-refractivity contribution >= 4 is 22.4 Å². The molecule has 1 aliphatic rings. The van der Waals surface area contributed by atoms with Crippen molar-refractivity contribution in [2.75, 3.05) is 31.1 Å². The van der Waals surface area contributed by atoms with Crippen molar-refractivity contribution in [3.63, 3.8) is 0 Å². The quantitative estimate of drug-likeness (QED) is 0.713. The second-order valence-electron chi connectivity index (χ2n) is 6.82. The summed E-state index contributed by atoms with van der Waals surface area (Å²) < 4.78 is 1.48. The van der Waals surface area contributed by atoms with Crippen LogP contribution in [-0.4, -0.2) is 46.4 Å². The fraction of sp³-hybridized carbons (Fsp3) is 0.286. The van der Waals surface area contributed by atoms with Gasteiger partial charge in [0, 0.05) is 31.9 Å². The van der Waals surface area contributed by atoms with Crippen molar-refractivity contribution in [3.05, 3.63) is 71.3 Å². The predicted octanol–water partition coefficient (Wildman–Crippen LogP) is 2.31. The van der Waals surface area contributed by atoms with Crippen LogP contribution in [0.4, 0.5) is 5.69 Å². The highest BCUT2D eigenvalue weighted by atomic mass is 16.1. The Hall–Kier alpha value is -2.99. The lowest BCUT2D eigenvalue weighted by molar-refractivity contribution is -0.125. The number of anilines is 1. The van der Waals surface area contributed by atoms with Gasteiger partial charge >= 0.3 is 0 Å². The van der Waals surface area contributed by atoms with E-state index in [0.717, 1.165) is 13.1 Å². The van der Waals surface area contributed by atoms with Crippen LogP contribution in [0.1, 0.15) is 13.1 Å². The molecule has 6 heteroatoms. The van der Waals surface area contributed by atoms with E-state index in [4.69, 9.17) is 0 Å². The van der Waals surface area contributed by atoms with Crippen LogP contribution in [0, 0.1) is 0 Å². The van der Waals surface area contributed by atoms with Gasteiger partial charge in [0.15, 0.2) is 11.9 Å². The van der Waals surface area contributed by atoms with Crippen molar-refractivity contribution in [2.24, 2.45) is 0 Å². The third-order valence-electron chi connectivity index (χ3n) is 5.10. The molecule has 6 nitrogen and oxygen atoms in total. The molecule has 1 atom stereocenters. The third-order valence-corrected chi connectivity index (χ3v) is 5.10. The zero-order valence-electron chi connectivity index (χ0n) is 15.3. The topological polar surface area (TPSA) is 58.4 Å². The van der Waals surface area contributed by atoms with Gasteiger partial charge < -0.3 is 4.90 Å². The Morgan fingerprint density at radius 1 is 0.963 bits per heavy atom. The molecule has 1 saturated heterocycles. The molecule has 0 amide bonds. The van der Waals surface area contributed by atoms with Gasteiger partial charge in [-0.25, -0.2) is 4.98 Å². The molecule has 0 saturated carbocycles. The number of aromatic nitrogens is 2. The van der Waals surface area contributed by atoms with E-state index in [1.54, 1.807) is 6.07 Å². The summed E-state index contributed by atoms with van der Waals surface area (Å²) in [6, 6.07) is 17.5. The molecular weight excluding hydrogens is 340 g/mol. The number of hydrogen-bond donors (Lipinski definition) is 0. The maximum Gasteiger partial charge on any atom is 0.262 e. The molecule has 4 rings (SSSR count). The number of nitrogens with zero attached hydrogens (tertiary/aromatic N) is 4. The van der Waals surface area contributed by atoms with Crippen LogP contribution >= 0.6 is 0 Å². The second-order valence-corrected chi connectivity index (χ2v) is 6.82. The number of rotatable bonds is 4. The first-order valence-electron chi connectivity index (χ1n) is 9.15. The van der Waals surface area contributed by atoms with Crippen LogP contribution in [0.2, 0.25) is 0 Å². The number of fused-ring (bicyclic) bond motifs is 1. The number of Topliss-reactive ketones (excluding diaryl/α,β-unsaturated/α-hetero) is 1. The summed E-state index contributed by atoms with van der Waals surface area (Å²) in [5, 5.41) is 0.536. The molecule has 2 heterocycles. The summed E-state index contributed by atoms with van der Waals surface area (Å²) >= 11 is 0. The first kappa shape index (κ1) is 17.4. The van der Waals surface area contributed by atoms with Crippen LogP contribution in [0.15, 0.2) is 65.7 Å². The summed E-state index contributed by atoms with van der Waals surface area (Å²) in [4.78, 5) is 34.1. The largest absolute Gasteiger partial charge is 0.369 e. The molecule has 138 valence electrons. The van der Waals surface area contributed by atoms with Crippen LogP contribution in [0.3, 0.4) is 0 Å². The van der Waals surface area contributed by atoms with Crippen LogP contribution in [0.5, 0.6) is 0 Å². The third kappa shape index (κ3) is 3.36. The van der Waals surface area contributed by atoms with E-state index in [1.165, 1.54) is 23.5 Å². The number of benzene rings is 2. The molecule has 1 fully saturated rings. The first-order valence-corrected chi connectivity index (χ1v) is 9.15. The minimum atomic E-state index is -0.618. The Bertz CT molecular complexity index is 1010. The van der Waals surface area contributed by atoms with Crippen molar-refractivity contribution in [1.82, 2.24) is 14.5 Å². The Morgan fingerprint density at radius 3 is 2.33 bits per heavy atom. The average Bonchev–Trinajstić information content (AvgIpc) is 2.71. The summed E-state index contributed by atoms with van der Waals surface area (Å²) in [7, 11) is 0. The minimum absolute atomic E-state index is 0.0534. The van der Waals surface area contributed by atoms with E-state index in [-0.39, 0.29) is 11.3 Å². The van der Waals surface area contributed by atoms with E-state index in [0.29, 0.717) is 24.0 Å². The molecular formula is C21H22N4O2. The summed E-state index contributed by atoms with van der Waals surface area (Å²) in [6.45, 7) is 4.57. The highest BCUT2D eigenvalue weighted by Gasteiger charge is 2.29. The maximum absolute atomic E-state index is 12.9. The molecule has 1 aliphatic heterocycles. The number of piperazine rings is 1. The lowest BCUT2D eigenvalue weighted by Gasteiger charge is -2.39. The van der Waals surface area contributed by atoms with E-state index in [1.807, 2.05) is 36.4 Å². The van der Waals surface area contributed by atoms with Gasteiger partial charge in [0.25, 0.3) is 5.56 Å². The predicted molar refractivity (Wildman–Crippen MR) is 106 cm³/mol. The normalized spacial score (nSPS) is 16.4. The molecule has 0 spiro atoms. The van der Waals surface area contributed by atoms with Gasteiger partial charge in [0.05, 0.1) is 17.2 Å². The van der Waals surface area contributed by atoms with E-state index < -0.39 is 6.17 Å². The number of para-hydroxylation sites is 2. The highest BCUT2D eigenvalue weighted by Crippen LogP contribution is 2.20. The minimum Gasteiger partial charge on any atom is -0.369 e. The van der Waals surface area contributed by atoms with Crippen molar-refractivity contribution in [3.8, 4) is 0 Å². The van der Waals surface area contributed by atoms with Gasteiger partial charge in [-0.05, 0) is 31.2 Å². The average molecular weight is 362 g/mol. The van der Waals surface area contributed by atoms with E-state index >= 15 is 0 Å². The highest BCUT2D eigenvalue weighted by molar-refractivity contribution is 5.81. The summed E-state index contributed by atoms with van der Waals surface area (Å²) in [6.07, 6.45) is 0.882. The Morgan fingerprint density at radius 2 is 1.63 bits per heavy atom. The van der Waals surface area contributed by atoms with Gasteiger partial charge in [0.2, 0.25) is 0 Å². The summed E-state index contributed by atoms with van der Waals surface area (Å²) in [5.41, 5.74) is 1.65. The molecule has 0 N–H and O–H groups in total. The molecule has 0 bridgehead atoms.